The van der Waals surface area contributed by atoms with Crippen LogP contribution in [0, 0.1) is 5.82 Å². The van der Waals surface area contributed by atoms with Gasteiger partial charge in [0.2, 0.25) is 5.91 Å². The molecule has 24 heavy (non-hydrogen) atoms. The van der Waals surface area contributed by atoms with E-state index < -0.39 is 5.97 Å². The minimum atomic E-state index is -0.795. The molecule has 0 fully saturated rings. The van der Waals surface area contributed by atoms with Crippen LogP contribution in [0.2, 0.25) is 0 Å². The zero-order valence-electron chi connectivity index (χ0n) is 13.1. The van der Waals surface area contributed by atoms with E-state index in [-0.39, 0.29) is 24.6 Å². The van der Waals surface area contributed by atoms with E-state index in [2.05, 4.69) is 10.3 Å². The monoisotopic (exact) mass is 350 g/mol. The molecule has 0 bridgehead atoms. The summed E-state index contributed by atoms with van der Waals surface area (Å²) >= 11 is 1.38. The quantitative estimate of drug-likeness (QED) is 0.681. The van der Waals surface area contributed by atoms with Crippen LogP contribution >= 0.6 is 11.3 Å². The molecule has 2 rings (SSSR count). The Balaban J connectivity index is 1.74. The molecule has 1 aromatic heterocycles. The van der Waals surface area contributed by atoms with Crippen molar-refractivity contribution in [3.8, 4) is 10.6 Å². The van der Waals surface area contributed by atoms with Gasteiger partial charge in [-0.15, -0.1) is 11.3 Å². The molecule has 0 unspecified atom stereocenters. The van der Waals surface area contributed by atoms with Crippen molar-refractivity contribution in [2.24, 2.45) is 0 Å². The van der Waals surface area contributed by atoms with Gasteiger partial charge in [-0.05, 0) is 25.0 Å². The second-order valence-corrected chi connectivity index (χ2v) is 6.24. The number of carboxylic acid groups (broad SMARTS) is 1. The minimum absolute atomic E-state index is 0.121. The van der Waals surface area contributed by atoms with Gasteiger partial charge in [0.1, 0.15) is 10.8 Å². The zero-order chi connectivity index (χ0) is 17.4. The predicted molar refractivity (Wildman–Crippen MR) is 90.3 cm³/mol. The van der Waals surface area contributed by atoms with E-state index in [0.29, 0.717) is 29.2 Å². The number of hydrogen-bond donors (Lipinski definition) is 2. The molecule has 1 amide bonds. The summed E-state index contributed by atoms with van der Waals surface area (Å²) in [4.78, 5) is 26.6. The lowest BCUT2D eigenvalue weighted by molar-refractivity contribution is -0.137. The second-order valence-electron chi connectivity index (χ2n) is 5.39. The van der Waals surface area contributed by atoms with Crippen molar-refractivity contribution >= 4 is 23.2 Å². The molecule has 1 aromatic carbocycles. The van der Waals surface area contributed by atoms with Crippen LogP contribution in [0.15, 0.2) is 29.6 Å². The van der Waals surface area contributed by atoms with E-state index in [0.717, 1.165) is 12.8 Å². The molecule has 0 saturated carbocycles. The van der Waals surface area contributed by atoms with Gasteiger partial charge in [-0.25, -0.2) is 9.37 Å². The first-order valence-electron chi connectivity index (χ1n) is 7.73. The van der Waals surface area contributed by atoms with Gasteiger partial charge in [0.15, 0.2) is 0 Å². The number of aliphatic carboxylic acids is 1. The van der Waals surface area contributed by atoms with Gasteiger partial charge in [-0.2, -0.15) is 0 Å². The number of benzene rings is 1. The van der Waals surface area contributed by atoms with E-state index in [9.17, 15) is 14.0 Å². The summed E-state index contributed by atoms with van der Waals surface area (Å²) < 4.78 is 13.2. The molecule has 1 heterocycles. The Bertz CT molecular complexity index is 703. The molecular weight excluding hydrogens is 331 g/mol. The third-order valence-corrected chi connectivity index (χ3v) is 4.29. The summed E-state index contributed by atoms with van der Waals surface area (Å²) in [5.41, 5.74) is 1.35. The van der Waals surface area contributed by atoms with E-state index >= 15 is 0 Å². The Morgan fingerprint density at radius 2 is 2.08 bits per heavy atom. The maximum absolute atomic E-state index is 13.2. The van der Waals surface area contributed by atoms with Crippen LogP contribution in [0.25, 0.3) is 10.6 Å². The number of carbonyl (C=O) groups is 2. The Labute approximate surface area is 143 Å². The summed E-state index contributed by atoms with van der Waals surface area (Å²) in [6.07, 6.45) is 2.49. The Morgan fingerprint density at radius 1 is 1.25 bits per heavy atom. The molecule has 0 saturated heterocycles. The Hall–Kier alpha value is -2.28. The van der Waals surface area contributed by atoms with E-state index in [4.69, 9.17) is 5.11 Å². The van der Waals surface area contributed by atoms with E-state index in [1.54, 1.807) is 17.5 Å². The predicted octanol–water partition coefficient (Wildman–Crippen LogP) is 3.25. The highest BCUT2D eigenvalue weighted by Gasteiger charge is 2.09. The van der Waals surface area contributed by atoms with Gasteiger partial charge < -0.3 is 10.4 Å². The van der Waals surface area contributed by atoms with Crippen molar-refractivity contribution in [2.75, 3.05) is 6.54 Å². The van der Waals surface area contributed by atoms with Gasteiger partial charge in [0, 0.05) is 23.9 Å². The maximum Gasteiger partial charge on any atom is 0.303 e. The third kappa shape index (κ3) is 6.08. The number of nitrogens with one attached hydrogen (secondary N) is 1. The highest BCUT2D eigenvalue weighted by Crippen LogP contribution is 2.24. The molecule has 5 nitrogen and oxygen atoms in total. The molecule has 0 aliphatic heterocycles. The smallest absolute Gasteiger partial charge is 0.303 e. The molecule has 0 spiro atoms. The number of carboxylic acids is 1. The van der Waals surface area contributed by atoms with Crippen molar-refractivity contribution in [1.29, 1.82) is 0 Å². The van der Waals surface area contributed by atoms with Crippen LogP contribution in [0.1, 0.15) is 31.4 Å². The van der Waals surface area contributed by atoms with E-state index in [1.807, 2.05) is 0 Å². The average Bonchev–Trinajstić information content (AvgIpc) is 2.99. The summed E-state index contributed by atoms with van der Waals surface area (Å²) in [5, 5.41) is 13.8. The molecule has 0 aliphatic rings. The highest BCUT2D eigenvalue weighted by atomic mass is 32.1. The van der Waals surface area contributed by atoms with Crippen molar-refractivity contribution < 1.29 is 19.1 Å². The SMILES string of the molecule is O=C(O)CCCCCNC(=O)Cc1csc(-c2cccc(F)c2)n1. The number of carbonyl (C=O) groups excluding carboxylic acids is 1. The number of aromatic nitrogens is 1. The Kier molecular flexibility index (Phi) is 6.87. The molecule has 0 atom stereocenters. The van der Waals surface area contributed by atoms with Gasteiger partial charge >= 0.3 is 5.97 Å². The van der Waals surface area contributed by atoms with Crippen molar-refractivity contribution in [3.63, 3.8) is 0 Å². The van der Waals surface area contributed by atoms with Crippen molar-refractivity contribution in [3.05, 3.63) is 41.2 Å². The fourth-order valence-electron chi connectivity index (χ4n) is 2.18. The minimum Gasteiger partial charge on any atom is -0.481 e. The number of nitrogens with zero attached hydrogens (tertiary/aromatic N) is 1. The number of rotatable bonds is 9. The van der Waals surface area contributed by atoms with Gasteiger partial charge in [-0.3, -0.25) is 9.59 Å². The molecule has 2 aromatic rings. The molecule has 2 N–H and O–H groups in total. The number of unbranched alkanes of at least 4 members (excludes halogenated alkanes) is 2. The van der Waals surface area contributed by atoms with E-state index in [1.165, 1.54) is 23.5 Å². The molecule has 7 heteroatoms. The number of amides is 1. The highest BCUT2D eigenvalue weighted by molar-refractivity contribution is 7.13. The number of halogens is 1. The standard InChI is InChI=1S/C17H19FN2O3S/c18-13-6-4-5-12(9-13)17-20-14(11-24-17)10-15(21)19-8-3-1-2-7-16(22)23/h4-6,9,11H,1-3,7-8,10H2,(H,19,21)(H,22,23). The first-order chi connectivity index (χ1) is 11.5. The van der Waals surface area contributed by atoms with Crippen LogP contribution < -0.4 is 5.32 Å². The molecule has 128 valence electrons. The molecule has 0 aliphatic carbocycles. The molecular formula is C17H19FN2O3S. The largest absolute Gasteiger partial charge is 0.481 e. The topological polar surface area (TPSA) is 79.3 Å². The van der Waals surface area contributed by atoms with Crippen molar-refractivity contribution in [2.45, 2.75) is 32.1 Å². The van der Waals surface area contributed by atoms with Crippen LogP contribution in [0.3, 0.4) is 0 Å². The average molecular weight is 350 g/mol. The lowest BCUT2D eigenvalue weighted by atomic mass is 10.2. The summed E-state index contributed by atoms with van der Waals surface area (Å²) in [6, 6.07) is 6.20. The second kappa shape index (κ2) is 9.12. The van der Waals surface area contributed by atoms with Gasteiger partial charge in [-0.1, -0.05) is 18.6 Å². The summed E-state index contributed by atoms with van der Waals surface area (Å²) in [7, 11) is 0. The lowest BCUT2D eigenvalue weighted by Gasteiger charge is -2.03. The summed E-state index contributed by atoms with van der Waals surface area (Å²) in [5.74, 6) is -1.23. The van der Waals surface area contributed by atoms with Crippen LogP contribution in [-0.2, 0) is 16.0 Å². The van der Waals surface area contributed by atoms with Gasteiger partial charge in [0.25, 0.3) is 0 Å². The summed E-state index contributed by atoms with van der Waals surface area (Å²) in [6.45, 7) is 0.527. The normalized spacial score (nSPS) is 10.5. The number of thiazole rings is 1. The molecule has 0 radical (unpaired) electrons. The van der Waals surface area contributed by atoms with Gasteiger partial charge in [0.05, 0.1) is 12.1 Å². The zero-order valence-corrected chi connectivity index (χ0v) is 13.9. The first-order valence-corrected chi connectivity index (χ1v) is 8.61. The fourth-order valence-corrected chi connectivity index (χ4v) is 2.99. The maximum atomic E-state index is 13.2. The number of hydrogen-bond acceptors (Lipinski definition) is 4. The third-order valence-electron chi connectivity index (χ3n) is 3.35. The Morgan fingerprint density at radius 3 is 2.83 bits per heavy atom. The fraction of sp³-hybridized carbons (Fsp3) is 0.353. The lowest BCUT2D eigenvalue weighted by Crippen LogP contribution is -2.26. The first kappa shape index (κ1) is 18.1. The van der Waals surface area contributed by atoms with Crippen molar-refractivity contribution in [1.82, 2.24) is 10.3 Å². The van der Waals surface area contributed by atoms with Crippen LogP contribution in [0.5, 0.6) is 0 Å². The van der Waals surface area contributed by atoms with Crippen LogP contribution in [-0.4, -0.2) is 28.5 Å². The van der Waals surface area contributed by atoms with Crippen LogP contribution in [0.4, 0.5) is 4.39 Å².